The summed E-state index contributed by atoms with van der Waals surface area (Å²) < 4.78 is 3.03. The molecule has 3 nitrogen and oxygen atoms in total. The summed E-state index contributed by atoms with van der Waals surface area (Å²) in [6.45, 7) is 2.09. The van der Waals surface area contributed by atoms with Gasteiger partial charge in [0.1, 0.15) is 0 Å². The lowest BCUT2D eigenvalue weighted by molar-refractivity contribution is 0.873. The van der Waals surface area contributed by atoms with Crippen molar-refractivity contribution in [3.05, 3.63) is 66.5 Å². The van der Waals surface area contributed by atoms with Gasteiger partial charge in [0.25, 0.3) is 0 Å². The van der Waals surface area contributed by atoms with E-state index in [1.165, 1.54) is 15.8 Å². The highest BCUT2D eigenvalue weighted by atomic mass is 32.1. The van der Waals surface area contributed by atoms with Crippen LogP contribution in [-0.4, -0.2) is 14.8 Å². The summed E-state index contributed by atoms with van der Waals surface area (Å²) in [5.41, 5.74) is 4.56. The zero-order valence-electron chi connectivity index (χ0n) is 11.5. The molecule has 0 N–H and O–H groups in total. The molecule has 2 heterocycles. The van der Waals surface area contributed by atoms with Gasteiger partial charge in [-0.2, -0.15) is 5.10 Å². The van der Waals surface area contributed by atoms with Crippen molar-refractivity contribution >= 4 is 21.6 Å². The minimum atomic E-state index is 0.898. The number of para-hydroxylation sites is 1. The molecule has 0 unspecified atom stereocenters. The van der Waals surface area contributed by atoms with Gasteiger partial charge in [0.2, 0.25) is 5.13 Å². The number of thiazole rings is 1. The van der Waals surface area contributed by atoms with Crippen molar-refractivity contribution in [1.82, 2.24) is 14.8 Å². The molecule has 0 amide bonds. The number of hydrogen-bond donors (Lipinski definition) is 0. The number of nitrogens with zero attached hydrogens (tertiary/aromatic N) is 3. The van der Waals surface area contributed by atoms with Crippen LogP contribution in [0.5, 0.6) is 0 Å². The van der Waals surface area contributed by atoms with Gasteiger partial charge >= 0.3 is 0 Å². The van der Waals surface area contributed by atoms with Crippen LogP contribution in [0.2, 0.25) is 0 Å². The average molecular weight is 291 g/mol. The molecule has 2 aromatic heterocycles. The summed E-state index contributed by atoms with van der Waals surface area (Å²) in [4.78, 5) is 4.62. The topological polar surface area (TPSA) is 30.7 Å². The van der Waals surface area contributed by atoms with E-state index in [0.29, 0.717) is 0 Å². The van der Waals surface area contributed by atoms with Gasteiger partial charge in [-0.25, -0.2) is 9.67 Å². The predicted molar refractivity (Wildman–Crippen MR) is 86.9 cm³/mol. The maximum absolute atomic E-state index is 4.62. The molecule has 21 heavy (non-hydrogen) atoms. The van der Waals surface area contributed by atoms with E-state index >= 15 is 0 Å². The lowest BCUT2D eigenvalue weighted by Gasteiger charge is -1.97. The Morgan fingerprint density at radius 2 is 1.76 bits per heavy atom. The first-order valence-electron chi connectivity index (χ1n) is 6.77. The fourth-order valence-corrected chi connectivity index (χ4v) is 3.18. The maximum Gasteiger partial charge on any atom is 0.211 e. The lowest BCUT2D eigenvalue weighted by atomic mass is 10.1. The average Bonchev–Trinajstić information content (AvgIpc) is 3.14. The van der Waals surface area contributed by atoms with E-state index in [9.17, 15) is 0 Å². The Bertz CT molecular complexity index is 870. The first-order valence-corrected chi connectivity index (χ1v) is 7.59. The van der Waals surface area contributed by atoms with Crippen LogP contribution in [0.1, 0.15) is 5.56 Å². The molecule has 0 saturated carbocycles. The summed E-state index contributed by atoms with van der Waals surface area (Å²) in [5.74, 6) is 0. The molecule has 2 aromatic carbocycles. The van der Waals surface area contributed by atoms with Crippen LogP contribution in [0.15, 0.2) is 60.9 Å². The van der Waals surface area contributed by atoms with Crippen LogP contribution >= 0.6 is 11.3 Å². The van der Waals surface area contributed by atoms with Gasteiger partial charge in [0, 0.05) is 11.8 Å². The molecule has 102 valence electrons. The fourth-order valence-electron chi connectivity index (χ4n) is 2.28. The quantitative estimate of drug-likeness (QED) is 0.546. The normalized spacial score (nSPS) is 11.1. The van der Waals surface area contributed by atoms with Crippen LogP contribution in [0.4, 0.5) is 0 Å². The van der Waals surface area contributed by atoms with E-state index in [0.717, 1.165) is 16.2 Å². The molecular weight excluding hydrogens is 278 g/mol. The van der Waals surface area contributed by atoms with Crippen molar-refractivity contribution in [3.63, 3.8) is 0 Å². The molecule has 0 aliphatic rings. The van der Waals surface area contributed by atoms with Crippen molar-refractivity contribution in [1.29, 1.82) is 0 Å². The first-order chi connectivity index (χ1) is 10.3. The number of hydrogen-bond acceptors (Lipinski definition) is 3. The fraction of sp³-hybridized carbons (Fsp3) is 0.0588. The molecule has 0 atom stereocenters. The molecule has 0 fully saturated rings. The van der Waals surface area contributed by atoms with E-state index in [2.05, 4.69) is 47.3 Å². The largest absolute Gasteiger partial charge is 0.218 e. The van der Waals surface area contributed by atoms with E-state index in [4.69, 9.17) is 0 Å². The number of aryl methyl sites for hydroxylation is 1. The minimum Gasteiger partial charge on any atom is -0.218 e. The van der Waals surface area contributed by atoms with Crippen molar-refractivity contribution < 1.29 is 0 Å². The maximum atomic E-state index is 4.62. The van der Waals surface area contributed by atoms with Crippen LogP contribution < -0.4 is 0 Å². The number of benzene rings is 2. The molecule has 0 aliphatic carbocycles. The second kappa shape index (κ2) is 4.82. The first kappa shape index (κ1) is 12.3. The molecule has 0 radical (unpaired) electrons. The van der Waals surface area contributed by atoms with Gasteiger partial charge < -0.3 is 0 Å². The predicted octanol–water partition coefficient (Wildman–Crippen LogP) is 4.46. The minimum absolute atomic E-state index is 0.898. The zero-order chi connectivity index (χ0) is 14.2. The Kier molecular flexibility index (Phi) is 2.82. The van der Waals surface area contributed by atoms with Crippen LogP contribution in [0.3, 0.4) is 0 Å². The molecule has 0 aliphatic heterocycles. The van der Waals surface area contributed by atoms with Gasteiger partial charge in [0.15, 0.2) is 0 Å². The Morgan fingerprint density at radius 3 is 2.57 bits per heavy atom. The van der Waals surface area contributed by atoms with Gasteiger partial charge in [-0.05, 0) is 24.6 Å². The number of fused-ring (bicyclic) bond motifs is 1. The van der Waals surface area contributed by atoms with Crippen molar-refractivity contribution in [2.45, 2.75) is 6.92 Å². The van der Waals surface area contributed by atoms with Crippen molar-refractivity contribution in [2.75, 3.05) is 0 Å². The standard InChI is InChI=1S/C17H13N3S/c1-12-6-8-13(9-7-12)14-10-18-20(11-14)17-19-15-4-2-3-5-16(15)21-17/h2-11H,1H3. The third kappa shape index (κ3) is 2.23. The highest BCUT2D eigenvalue weighted by molar-refractivity contribution is 7.20. The van der Waals surface area contributed by atoms with Crippen molar-refractivity contribution in [3.8, 4) is 16.3 Å². The Hall–Kier alpha value is -2.46. The smallest absolute Gasteiger partial charge is 0.211 e. The number of rotatable bonds is 2. The molecule has 4 aromatic rings. The summed E-state index contributed by atoms with van der Waals surface area (Å²) in [5, 5.41) is 5.34. The van der Waals surface area contributed by atoms with E-state index < -0.39 is 0 Å². The molecule has 4 rings (SSSR count). The van der Waals surface area contributed by atoms with Crippen molar-refractivity contribution in [2.24, 2.45) is 0 Å². The Morgan fingerprint density at radius 1 is 0.952 bits per heavy atom. The molecular formula is C17H13N3S. The summed E-state index contributed by atoms with van der Waals surface area (Å²) in [6.07, 6.45) is 3.92. The van der Waals surface area contributed by atoms with E-state index in [1.807, 2.05) is 35.3 Å². The van der Waals surface area contributed by atoms with Crippen LogP contribution in [-0.2, 0) is 0 Å². The molecule has 0 bridgehead atoms. The van der Waals surface area contributed by atoms with Gasteiger partial charge in [0.05, 0.1) is 16.4 Å². The third-order valence-corrected chi connectivity index (χ3v) is 4.47. The second-order valence-corrected chi connectivity index (χ2v) is 6.01. The highest BCUT2D eigenvalue weighted by Crippen LogP contribution is 2.26. The summed E-state index contributed by atoms with van der Waals surface area (Å²) in [6, 6.07) is 16.6. The molecule has 0 spiro atoms. The Labute approximate surface area is 126 Å². The third-order valence-electron chi connectivity index (χ3n) is 3.45. The highest BCUT2D eigenvalue weighted by Gasteiger charge is 2.08. The van der Waals surface area contributed by atoms with Gasteiger partial charge in [-0.1, -0.05) is 53.3 Å². The molecule has 4 heteroatoms. The van der Waals surface area contributed by atoms with Crippen LogP contribution in [0.25, 0.3) is 26.5 Å². The monoisotopic (exact) mass is 291 g/mol. The van der Waals surface area contributed by atoms with Gasteiger partial charge in [-0.3, -0.25) is 0 Å². The summed E-state index contributed by atoms with van der Waals surface area (Å²) in [7, 11) is 0. The van der Waals surface area contributed by atoms with Gasteiger partial charge in [-0.15, -0.1) is 0 Å². The second-order valence-electron chi connectivity index (χ2n) is 5.00. The zero-order valence-corrected chi connectivity index (χ0v) is 12.3. The van der Waals surface area contributed by atoms with E-state index in [-0.39, 0.29) is 0 Å². The van der Waals surface area contributed by atoms with E-state index in [1.54, 1.807) is 11.3 Å². The SMILES string of the molecule is Cc1ccc(-c2cnn(-c3nc4ccccc4s3)c2)cc1. The Balaban J connectivity index is 1.75. The lowest BCUT2D eigenvalue weighted by Crippen LogP contribution is -1.91. The molecule has 0 saturated heterocycles. The van der Waals surface area contributed by atoms with Crippen LogP contribution in [0, 0.1) is 6.92 Å². The number of aromatic nitrogens is 3. The summed E-state index contributed by atoms with van der Waals surface area (Å²) >= 11 is 1.65.